The van der Waals surface area contributed by atoms with Gasteiger partial charge in [0.05, 0.1) is 0 Å². The zero-order valence-electron chi connectivity index (χ0n) is 16.1. The lowest BCUT2D eigenvalue weighted by Crippen LogP contribution is -2.71. The number of carbonyl (C=O) groups is 4. The number of carboxylic acid groups (broad SMARTS) is 1. The number of carbonyl (C=O) groups excluding carboxylic acids is 3. The number of nitrogens with two attached hydrogens (primary N) is 1. The van der Waals surface area contributed by atoms with Gasteiger partial charge in [-0.15, -0.1) is 11.8 Å². The Kier molecular flexibility index (Phi) is 6.45. The van der Waals surface area contributed by atoms with Gasteiger partial charge >= 0.3 is 11.9 Å². The number of fused-ring (bicyclic) bond motifs is 1. The highest BCUT2D eigenvalue weighted by Gasteiger charge is 2.54. The maximum atomic E-state index is 14.0. The summed E-state index contributed by atoms with van der Waals surface area (Å²) in [5, 5.41) is 13.7. The second-order valence-corrected chi connectivity index (χ2v) is 8.28. The first-order chi connectivity index (χ1) is 14.6. The van der Waals surface area contributed by atoms with Crippen molar-refractivity contribution in [3.8, 4) is 0 Å². The Morgan fingerprint density at radius 1 is 1.45 bits per heavy atom. The number of thiazole rings is 1. The molecule has 1 unspecified atom stereocenters. The number of aromatic nitrogens is 1. The van der Waals surface area contributed by atoms with Gasteiger partial charge in [0, 0.05) is 18.2 Å². The molecule has 1 fully saturated rings. The molecule has 2 aliphatic heterocycles. The van der Waals surface area contributed by atoms with Gasteiger partial charge < -0.3 is 25.7 Å². The minimum atomic E-state index is -1.37. The quantitative estimate of drug-likeness (QED) is 0.203. The topological polar surface area (TPSA) is 174 Å². The lowest BCUT2D eigenvalue weighted by molar-refractivity contribution is -0.150. The molecule has 2 aliphatic rings. The molecule has 3 heterocycles. The molecule has 4 N–H and O–H groups in total. The van der Waals surface area contributed by atoms with E-state index in [9.17, 15) is 28.7 Å². The second kappa shape index (κ2) is 8.89. The number of carboxylic acids is 1. The number of nitrogens with zero attached hydrogens (tertiary/aromatic N) is 3. The molecule has 12 nitrogen and oxygen atoms in total. The molecule has 166 valence electrons. The van der Waals surface area contributed by atoms with Gasteiger partial charge in [0.1, 0.15) is 36.5 Å². The highest BCUT2D eigenvalue weighted by Crippen LogP contribution is 2.40. The van der Waals surface area contributed by atoms with Crippen LogP contribution in [0.5, 0.6) is 0 Å². The van der Waals surface area contributed by atoms with E-state index < -0.39 is 51.7 Å². The number of ether oxygens (including phenoxy) is 1. The first-order valence-electron chi connectivity index (χ1n) is 8.53. The number of rotatable bonds is 7. The van der Waals surface area contributed by atoms with Gasteiger partial charge in [0.25, 0.3) is 11.8 Å². The Morgan fingerprint density at radius 2 is 2.16 bits per heavy atom. The highest BCUT2D eigenvalue weighted by atomic mass is 32.2. The predicted octanol–water partition coefficient (Wildman–Crippen LogP) is -0.483. The van der Waals surface area contributed by atoms with Crippen LogP contribution in [0.1, 0.15) is 12.6 Å². The number of esters is 1. The number of nitrogens with one attached hydrogen (secondary N) is 1. The summed E-state index contributed by atoms with van der Waals surface area (Å²) in [5.41, 5.74) is 4.44. The van der Waals surface area contributed by atoms with E-state index in [0.29, 0.717) is 11.3 Å². The van der Waals surface area contributed by atoms with E-state index in [1.54, 1.807) is 0 Å². The van der Waals surface area contributed by atoms with Gasteiger partial charge in [-0.3, -0.25) is 19.3 Å². The van der Waals surface area contributed by atoms with Crippen LogP contribution in [0.3, 0.4) is 0 Å². The van der Waals surface area contributed by atoms with E-state index >= 15 is 0 Å². The summed E-state index contributed by atoms with van der Waals surface area (Å²) in [4.78, 5) is 57.3. The van der Waals surface area contributed by atoms with Crippen LogP contribution in [0.2, 0.25) is 0 Å². The molecule has 15 heteroatoms. The van der Waals surface area contributed by atoms with Gasteiger partial charge in [-0.1, -0.05) is 16.5 Å². The fourth-order valence-corrected chi connectivity index (χ4v) is 4.83. The summed E-state index contributed by atoms with van der Waals surface area (Å²) >= 11 is 1.68. The summed E-state index contributed by atoms with van der Waals surface area (Å²) in [6, 6.07) is -1.09. The van der Waals surface area contributed by atoms with Crippen molar-refractivity contribution in [3.63, 3.8) is 0 Å². The van der Waals surface area contributed by atoms with Crippen LogP contribution in [-0.4, -0.2) is 75.3 Å². The van der Waals surface area contributed by atoms with Gasteiger partial charge in [0.15, 0.2) is 10.8 Å². The van der Waals surface area contributed by atoms with E-state index in [2.05, 4.69) is 20.3 Å². The van der Waals surface area contributed by atoms with E-state index in [0.717, 1.165) is 12.0 Å². The van der Waals surface area contributed by atoms with Crippen molar-refractivity contribution >= 4 is 57.7 Å². The number of hydrogen-bond donors (Lipinski definition) is 3. The molecular formula is C16H16FN5O7S2. The summed E-state index contributed by atoms with van der Waals surface area (Å²) in [7, 11) is 1.14. The third-order valence-electron chi connectivity index (χ3n) is 4.21. The van der Waals surface area contributed by atoms with Gasteiger partial charge in [-0.05, 0) is 0 Å². The van der Waals surface area contributed by atoms with Crippen molar-refractivity contribution in [3.05, 3.63) is 22.1 Å². The number of thioether (sulfide) groups is 1. The van der Waals surface area contributed by atoms with Crippen LogP contribution >= 0.6 is 23.1 Å². The number of halogens is 1. The van der Waals surface area contributed by atoms with Crippen molar-refractivity contribution in [1.82, 2.24) is 15.2 Å². The molecule has 2 atom stereocenters. The van der Waals surface area contributed by atoms with Crippen LogP contribution in [0.15, 0.2) is 16.4 Å². The molecule has 0 saturated carbocycles. The second-order valence-electron chi connectivity index (χ2n) is 6.20. The zero-order chi connectivity index (χ0) is 22.9. The average molecular weight is 473 g/mol. The Labute approximate surface area is 182 Å². The van der Waals surface area contributed by atoms with Crippen molar-refractivity contribution in [2.45, 2.75) is 18.3 Å². The molecule has 0 radical (unpaired) electrons. The zero-order valence-corrected chi connectivity index (χ0v) is 17.7. The van der Waals surface area contributed by atoms with E-state index in [4.69, 9.17) is 10.5 Å². The number of aliphatic carboxylic acids is 1. The van der Waals surface area contributed by atoms with Crippen LogP contribution < -0.4 is 11.1 Å². The van der Waals surface area contributed by atoms with Crippen LogP contribution in [-0.2, 0) is 28.8 Å². The molecule has 0 bridgehead atoms. The summed E-state index contributed by atoms with van der Waals surface area (Å²) in [5.74, 6) is -3.45. The first kappa shape index (κ1) is 22.5. The molecule has 1 aromatic rings. The normalized spacial score (nSPS) is 20.7. The summed E-state index contributed by atoms with van der Waals surface area (Å²) in [6.07, 6.45) is 0. The molecule has 0 spiro atoms. The maximum absolute atomic E-state index is 14.0. The maximum Gasteiger partial charge on any atom is 0.352 e. The number of oxime groups is 1. The first-order valence-corrected chi connectivity index (χ1v) is 10.4. The Bertz CT molecular complexity index is 1020. The van der Waals surface area contributed by atoms with Crippen LogP contribution in [0.4, 0.5) is 9.52 Å². The molecule has 3 rings (SSSR count). The lowest BCUT2D eigenvalue weighted by Gasteiger charge is -2.49. The lowest BCUT2D eigenvalue weighted by atomic mass is 10.0. The third-order valence-corrected chi connectivity index (χ3v) is 6.22. The monoisotopic (exact) mass is 473 g/mol. The standard InChI is InChI=1S/C16H16FN5O7S2/c1-5(23)29-3-6-4-30-14-9(13(25)22(14)10(6)15(26)27)19-12(24)8(21-28-2)7-11(17)31-16(18)20-7/h9,14H,3-4H2,1-2H3,(H2,18,20)(H,19,24)(H,26,27)/b21-8+/t9?,14-/m1/s1. The molecule has 1 aromatic heterocycles. The van der Waals surface area contributed by atoms with Crippen molar-refractivity contribution in [2.24, 2.45) is 5.16 Å². The van der Waals surface area contributed by atoms with Crippen molar-refractivity contribution < 1.29 is 38.2 Å². The summed E-state index contributed by atoms with van der Waals surface area (Å²) in [6.45, 7) is 0.907. The van der Waals surface area contributed by atoms with Crippen molar-refractivity contribution in [2.75, 3.05) is 25.2 Å². The molecule has 1 saturated heterocycles. The fourth-order valence-electron chi connectivity index (χ4n) is 2.94. The SMILES string of the molecule is CO/N=C(/C(=O)NC1C(=O)N2C(C(=O)O)=C(COC(C)=O)CS[C@H]12)c1nc(N)sc1F. The highest BCUT2D eigenvalue weighted by molar-refractivity contribution is 8.00. The predicted molar refractivity (Wildman–Crippen MR) is 106 cm³/mol. The number of nitrogen functional groups attached to an aromatic ring is 1. The molecule has 2 amide bonds. The van der Waals surface area contributed by atoms with E-state index in [1.807, 2.05) is 0 Å². The minimum Gasteiger partial charge on any atom is -0.477 e. The number of anilines is 1. The third kappa shape index (κ3) is 4.32. The Hall–Kier alpha value is -3.20. The van der Waals surface area contributed by atoms with Crippen LogP contribution in [0, 0.1) is 5.13 Å². The number of amides is 2. The van der Waals surface area contributed by atoms with Gasteiger partial charge in [0.2, 0.25) is 5.13 Å². The Balaban J connectivity index is 1.79. The molecular weight excluding hydrogens is 457 g/mol. The Morgan fingerprint density at radius 3 is 2.71 bits per heavy atom. The molecule has 0 aliphatic carbocycles. The number of β-lactam (4-membered cyclic amide) rings is 1. The molecule has 0 aromatic carbocycles. The van der Waals surface area contributed by atoms with Crippen molar-refractivity contribution in [1.29, 1.82) is 0 Å². The van der Waals surface area contributed by atoms with Gasteiger partial charge in [-0.25, -0.2) is 9.78 Å². The van der Waals surface area contributed by atoms with E-state index in [-0.39, 0.29) is 28.8 Å². The summed E-state index contributed by atoms with van der Waals surface area (Å²) < 4.78 is 18.9. The average Bonchev–Trinajstić information content (AvgIpc) is 3.04. The van der Waals surface area contributed by atoms with Crippen LogP contribution in [0.25, 0.3) is 0 Å². The van der Waals surface area contributed by atoms with Gasteiger partial charge in [-0.2, -0.15) is 4.39 Å². The number of hydrogen-bond acceptors (Lipinski definition) is 11. The smallest absolute Gasteiger partial charge is 0.352 e. The minimum absolute atomic E-state index is 0.130. The molecule has 31 heavy (non-hydrogen) atoms. The fraction of sp³-hybridized carbons (Fsp3) is 0.375. The largest absolute Gasteiger partial charge is 0.477 e. The van der Waals surface area contributed by atoms with E-state index in [1.165, 1.54) is 18.7 Å².